The van der Waals surface area contributed by atoms with Crippen molar-refractivity contribution in [2.45, 2.75) is 13.0 Å². The van der Waals surface area contributed by atoms with Gasteiger partial charge in [-0.3, -0.25) is 9.80 Å². The molecule has 1 N–H and O–H groups in total. The molecular weight excluding hydrogens is 174 g/mol. The van der Waals surface area contributed by atoms with Crippen LogP contribution in [0.25, 0.3) is 0 Å². The summed E-state index contributed by atoms with van der Waals surface area (Å²) in [6.45, 7) is 10.6. The van der Waals surface area contributed by atoms with Crippen LogP contribution >= 0.6 is 0 Å². The van der Waals surface area contributed by atoms with Gasteiger partial charge in [0.2, 0.25) is 0 Å². The van der Waals surface area contributed by atoms with Crippen molar-refractivity contribution in [3.8, 4) is 0 Å². The summed E-state index contributed by atoms with van der Waals surface area (Å²) in [5, 5.41) is 3.40. The molecule has 0 spiro atoms. The lowest BCUT2D eigenvalue weighted by Crippen LogP contribution is -2.62. The minimum Gasteiger partial charge on any atom is -0.314 e. The van der Waals surface area contributed by atoms with Gasteiger partial charge in [-0.2, -0.15) is 0 Å². The second-order valence-corrected chi connectivity index (χ2v) is 4.23. The van der Waals surface area contributed by atoms with E-state index in [1.165, 1.54) is 39.3 Å². The number of allylic oxidation sites excluding steroid dienone is 1. The Morgan fingerprint density at radius 1 is 1.29 bits per heavy atom. The summed E-state index contributed by atoms with van der Waals surface area (Å²) in [5.41, 5.74) is 0. The molecule has 2 aliphatic rings. The number of hydrogen-bond donors (Lipinski definition) is 1. The lowest BCUT2D eigenvalue weighted by Gasteiger charge is -2.46. The third-order valence-electron chi connectivity index (χ3n) is 3.21. The van der Waals surface area contributed by atoms with Gasteiger partial charge in [-0.25, -0.2) is 0 Å². The van der Waals surface area contributed by atoms with Crippen LogP contribution in [0, 0.1) is 0 Å². The molecule has 2 heterocycles. The third kappa shape index (κ3) is 2.35. The van der Waals surface area contributed by atoms with E-state index in [1.807, 2.05) is 0 Å². The number of nitrogens with zero attached hydrogens (tertiary/aromatic N) is 2. The third-order valence-corrected chi connectivity index (χ3v) is 3.21. The van der Waals surface area contributed by atoms with Crippen molar-refractivity contribution in [1.29, 1.82) is 0 Å². The first-order valence-corrected chi connectivity index (χ1v) is 5.68. The molecule has 80 valence electrons. The van der Waals surface area contributed by atoms with Gasteiger partial charge in [0.15, 0.2) is 0 Å². The van der Waals surface area contributed by atoms with Gasteiger partial charge in [0.1, 0.15) is 0 Å². The molecule has 2 saturated heterocycles. The Morgan fingerprint density at radius 2 is 2.00 bits per heavy atom. The average molecular weight is 195 g/mol. The summed E-state index contributed by atoms with van der Waals surface area (Å²) in [6, 6.07) is 0.836. The second-order valence-electron chi connectivity index (χ2n) is 4.23. The highest BCUT2D eigenvalue weighted by Gasteiger charge is 2.31. The topological polar surface area (TPSA) is 18.5 Å². The molecular formula is C11H21N3. The molecule has 0 aromatic heterocycles. The predicted octanol–water partition coefficient (Wildman–Crippen LogP) is 0.152. The highest BCUT2D eigenvalue weighted by Crippen LogP contribution is 2.14. The van der Waals surface area contributed by atoms with Gasteiger partial charge in [-0.15, -0.1) is 0 Å². The van der Waals surface area contributed by atoms with Crippen LogP contribution in [-0.2, 0) is 0 Å². The fourth-order valence-corrected chi connectivity index (χ4v) is 2.22. The van der Waals surface area contributed by atoms with Crippen LogP contribution in [-0.4, -0.2) is 61.7 Å². The lowest BCUT2D eigenvalue weighted by atomic mass is 10.1. The summed E-state index contributed by atoms with van der Waals surface area (Å²) in [5.74, 6) is 0. The molecule has 0 bridgehead atoms. The van der Waals surface area contributed by atoms with Crippen LogP contribution in [0.15, 0.2) is 12.2 Å². The Labute approximate surface area is 86.8 Å². The predicted molar refractivity (Wildman–Crippen MR) is 59.5 cm³/mol. The zero-order valence-electron chi connectivity index (χ0n) is 9.08. The van der Waals surface area contributed by atoms with Crippen molar-refractivity contribution >= 4 is 0 Å². The number of hydrogen-bond acceptors (Lipinski definition) is 3. The summed E-state index contributed by atoms with van der Waals surface area (Å²) < 4.78 is 0. The fraction of sp³-hybridized carbons (Fsp3) is 0.818. The molecule has 2 rings (SSSR count). The largest absolute Gasteiger partial charge is 0.314 e. The standard InChI is InChI=1S/C11H21N3/c1-2-3-6-13-9-11(10-13)14-7-4-12-5-8-14/h2-3,11-12H,4-10H2,1H3/b3-2+. The Morgan fingerprint density at radius 3 is 2.64 bits per heavy atom. The summed E-state index contributed by atoms with van der Waals surface area (Å²) in [6.07, 6.45) is 4.38. The van der Waals surface area contributed by atoms with Crippen LogP contribution in [0.2, 0.25) is 0 Å². The fourth-order valence-electron chi connectivity index (χ4n) is 2.22. The molecule has 3 heteroatoms. The van der Waals surface area contributed by atoms with Crippen molar-refractivity contribution < 1.29 is 0 Å². The van der Waals surface area contributed by atoms with E-state index in [2.05, 4.69) is 34.2 Å². The number of piperazine rings is 1. The zero-order valence-corrected chi connectivity index (χ0v) is 9.08. The van der Waals surface area contributed by atoms with Gasteiger partial charge >= 0.3 is 0 Å². The number of rotatable bonds is 3. The Kier molecular flexibility index (Phi) is 3.56. The van der Waals surface area contributed by atoms with Crippen molar-refractivity contribution in [2.75, 3.05) is 45.8 Å². The minimum absolute atomic E-state index is 0.836. The molecule has 2 aliphatic heterocycles. The van der Waals surface area contributed by atoms with Gasteiger partial charge in [0, 0.05) is 51.9 Å². The maximum Gasteiger partial charge on any atom is 0.0351 e. The van der Waals surface area contributed by atoms with Crippen molar-refractivity contribution in [3.63, 3.8) is 0 Å². The van der Waals surface area contributed by atoms with Gasteiger partial charge in [0.25, 0.3) is 0 Å². The van der Waals surface area contributed by atoms with Crippen LogP contribution in [0.3, 0.4) is 0 Å². The van der Waals surface area contributed by atoms with Gasteiger partial charge in [0.05, 0.1) is 0 Å². The smallest absolute Gasteiger partial charge is 0.0351 e. The van der Waals surface area contributed by atoms with E-state index in [-0.39, 0.29) is 0 Å². The normalized spacial score (nSPS) is 26.9. The van der Waals surface area contributed by atoms with E-state index < -0.39 is 0 Å². The molecule has 0 amide bonds. The molecule has 0 radical (unpaired) electrons. The van der Waals surface area contributed by atoms with E-state index in [1.54, 1.807) is 0 Å². The quantitative estimate of drug-likeness (QED) is 0.647. The zero-order chi connectivity index (χ0) is 9.80. The van der Waals surface area contributed by atoms with E-state index in [0.717, 1.165) is 12.6 Å². The van der Waals surface area contributed by atoms with Crippen molar-refractivity contribution in [3.05, 3.63) is 12.2 Å². The van der Waals surface area contributed by atoms with Gasteiger partial charge < -0.3 is 5.32 Å². The van der Waals surface area contributed by atoms with E-state index in [9.17, 15) is 0 Å². The average Bonchev–Trinajstić information content (AvgIpc) is 2.17. The summed E-state index contributed by atoms with van der Waals surface area (Å²) in [7, 11) is 0. The molecule has 0 saturated carbocycles. The summed E-state index contributed by atoms with van der Waals surface area (Å²) in [4.78, 5) is 5.13. The molecule has 0 atom stereocenters. The van der Waals surface area contributed by atoms with E-state index in [4.69, 9.17) is 0 Å². The van der Waals surface area contributed by atoms with Gasteiger partial charge in [-0.1, -0.05) is 12.2 Å². The highest BCUT2D eigenvalue weighted by atomic mass is 15.3. The molecule has 0 aromatic rings. The van der Waals surface area contributed by atoms with Crippen molar-refractivity contribution in [1.82, 2.24) is 15.1 Å². The van der Waals surface area contributed by atoms with E-state index in [0.29, 0.717) is 0 Å². The Balaban J connectivity index is 1.66. The molecule has 0 aliphatic carbocycles. The van der Waals surface area contributed by atoms with Crippen molar-refractivity contribution in [2.24, 2.45) is 0 Å². The SMILES string of the molecule is C/C=C/CN1CC(N2CCNCC2)C1. The molecule has 3 nitrogen and oxygen atoms in total. The maximum atomic E-state index is 3.40. The maximum absolute atomic E-state index is 3.40. The van der Waals surface area contributed by atoms with Gasteiger partial charge in [-0.05, 0) is 6.92 Å². The van der Waals surface area contributed by atoms with Crippen LogP contribution < -0.4 is 5.32 Å². The molecule has 2 fully saturated rings. The number of likely N-dealkylation sites (tertiary alicyclic amines) is 1. The minimum atomic E-state index is 0.836. The first-order chi connectivity index (χ1) is 6.90. The number of nitrogens with one attached hydrogen (secondary N) is 1. The highest BCUT2D eigenvalue weighted by molar-refractivity contribution is 4.93. The molecule has 14 heavy (non-hydrogen) atoms. The van der Waals surface area contributed by atoms with Crippen LogP contribution in [0.1, 0.15) is 6.92 Å². The van der Waals surface area contributed by atoms with Crippen LogP contribution in [0.5, 0.6) is 0 Å². The second kappa shape index (κ2) is 4.91. The first kappa shape index (κ1) is 10.1. The lowest BCUT2D eigenvalue weighted by molar-refractivity contribution is 0.0350. The Hall–Kier alpha value is -0.380. The van der Waals surface area contributed by atoms with Crippen LogP contribution in [0.4, 0.5) is 0 Å². The van der Waals surface area contributed by atoms with E-state index >= 15 is 0 Å². The molecule has 0 unspecified atom stereocenters. The summed E-state index contributed by atoms with van der Waals surface area (Å²) >= 11 is 0. The first-order valence-electron chi connectivity index (χ1n) is 5.68. The molecule has 0 aromatic carbocycles. The monoisotopic (exact) mass is 195 g/mol. The Bertz CT molecular complexity index is 191.